The van der Waals surface area contributed by atoms with E-state index in [4.69, 9.17) is 0 Å². The van der Waals surface area contributed by atoms with Crippen LogP contribution in [-0.2, 0) is 11.3 Å². The molecule has 2 rings (SSSR count). The summed E-state index contributed by atoms with van der Waals surface area (Å²) in [5, 5.41) is 8.29. The molecule has 0 aliphatic heterocycles. The van der Waals surface area contributed by atoms with Gasteiger partial charge in [-0.3, -0.25) is 14.4 Å². The molecule has 0 heterocycles. The molecule has 6 heteroatoms. The van der Waals surface area contributed by atoms with E-state index in [1.807, 2.05) is 19.9 Å². The van der Waals surface area contributed by atoms with E-state index >= 15 is 0 Å². The molecule has 0 aromatic heterocycles. The number of hydrogen-bond donors (Lipinski definition) is 3. The Labute approximate surface area is 171 Å². The lowest BCUT2D eigenvalue weighted by Crippen LogP contribution is -2.32. The van der Waals surface area contributed by atoms with Crippen molar-refractivity contribution >= 4 is 23.8 Å². The van der Waals surface area contributed by atoms with Gasteiger partial charge in [0.2, 0.25) is 5.91 Å². The van der Waals surface area contributed by atoms with E-state index in [2.05, 4.69) is 16.0 Å². The third-order valence-corrected chi connectivity index (χ3v) is 4.47. The Morgan fingerprint density at radius 3 is 2.38 bits per heavy atom. The molecule has 1 unspecified atom stereocenters. The van der Waals surface area contributed by atoms with Crippen LogP contribution in [0.2, 0.25) is 0 Å². The molecule has 0 fully saturated rings. The minimum absolute atomic E-state index is 0.112. The second-order valence-corrected chi connectivity index (χ2v) is 6.74. The highest BCUT2D eigenvalue weighted by molar-refractivity contribution is 5.95. The van der Waals surface area contributed by atoms with Crippen molar-refractivity contribution in [2.75, 3.05) is 7.05 Å². The highest BCUT2D eigenvalue weighted by Gasteiger charge is 2.09. The van der Waals surface area contributed by atoms with Crippen LogP contribution in [-0.4, -0.2) is 30.8 Å². The third-order valence-electron chi connectivity index (χ3n) is 4.47. The maximum atomic E-state index is 12.2. The Kier molecular flexibility index (Phi) is 8.15. The van der Waals surface area contributed by atoms with Crippen molar-refractivity contribution in [2.24, 2.45) is 0 Å². The molecule has 3 N–H and O–H groups in total. The molecule has 0 aliphatic carbocycles. The molecule has 2 aromatic carbocycles. The molecule has 0 saturated carbocycles. The molecule has 1 atom stereocenters. The van der Waals surface area contributed by atoms with Gasteiger partial charge < -0.3 is 16.0 Å². The zero-order chi connectivity index (χ0) is 21.2. The van der Waals surface area contributed by atoms with E-state index in [0.29, 0.717) is 17.7 Å². The first-order chi connectivity index (χ1) is 13.9. The van der Waals surface area contributed by atoms with E-state index in [0.717, 1.165) is 17.5 Å². The molecule has 152 valence electrons. The van der Waals surface area contributed by atoms with Crippen LogP contribution in [0, 0.1) is 0 Å². The summed E-state index contributed by atoms with van der Waals surface area (Å²) in [7, 11) is 1.58. The van der Waals surface area contributed by atoms with Crippen LogP contribution >= 0.6 is 0 Å². The summed E-state index contributed by atoms with van der Waals surface area (Å²) in [6.45, 7) is 4.30. The molecule has 0 radical (unpaired) electrons. The maximum absolute atomic E-state index is 12.2. The highest BCUT2D eigenvalue weighted by Crippen LogP contribution is 2.08. The summed E-state index contributed by atoms with van der Waals surface area (Å²) < 4.78 is 0. The molecule has 6 nitrogen and oxygen atoms in total. The van der Waals surface area contributed by atoms with Gasteiger partial charge in [-0.2, -0.15) is 0 Å². The van der Waals surface area contributed by atoms with Crippen molar-refractivity contribution in [1.82, 2.24) is 16.0 Å². The van der Waals surface area contributed by atoms with Crippen LogP contribution in [0.25, 0.3) is 6.08 Å². The van der Waals surface area contributed by atoms with Gasteiger partial charge in [-0.15, -0.1) is 0 Å². The lowest BCUT2D eigenvalue weighted by molar-refractivity contribution is -0.116. The quantitative estimate of drug-likeness (QED) is 0.603. The lowest BCUT2D eigenvalue weighted by atomic mass is 10.1. The molecular formula is C23H27N3O3. The summed E-state index contributed by atoms with van der Waals surface area (Å²) in [6, 6.07) is 14.3. The first-order valence-corrected chi connectivity index (χ1v) is 9.60. The fourth-order valence-electron chi connectivity index (χ4n) is 2.54. The van der Waals surface area contributed by atoms with E-state index in [9.17, 15) is 14.4 Å². The van der Waals surface area contributed by atoms with E-state index in [1.165, 1.54) is 6.08 Å². The highest BCUT2D eigenvalue weighted by atomic mass is 16.2. The summed E-state index contributed by atoms with van der Waals surface area (Å²) >= 11 is 0. The van der Waals surface area contributed by atoms with Gasteiger partial charge >= 0.3 is 0 Å². The van der Waals surface area contributed by atoms with Gasteiger partial charge in [0, 0.05) is 36.8 Å². The first-order valence-electron chi connectivity index (χ1n) is 9.60. The van der Waals surface area contributed by atoms with Gasteiger partial charge in [0.25, 0.3) is 11.8 Å². The number of nitrogens with one attached hydrogen (secondary N) is 3. The summed E-state index contributed by atoms with van der Waals surface area (Å²) in [4.78, 5) is 35.8. The van der Waals surface area contributed by atoms with Crippen LogP contribution in [0.3, 0.4) is 0 Å². The van der Waals surface area contributed by atoms with Crippen molar-refractivity contribution < 1.29 is 14.4 Å². The maximum Gasteiger partial charge on any atom is 0.251 e. The molecule has 0 bridgehead atoms. The van der Waals surface area contributed by atoms with Crippen LogP contribution in [0.4, 0.5) is 0 Å². The topological polar surface area (TPSA) is 87.3 Å². The minimum Gasteiger partial charge on any atom is -0.355 e. The van der Waals surface area contributed by atoms with Crippen LogP contribution in [0.5, 0.6) is 0 Å². The normalized spacial score (nSPS) is 11.7. The first kappa shape index (κ1) is 21.9. The van der Waals surface area contributed by atoms with Gasteiger partial charge in [0.1, 0.15) is 0 Å². The third kappa shape index (κ3) is 6.92. The van der Waals surface area contributed by atoms with Crippen LogP contribution in [0.1, 0.15) is 52.1 Å². The van der Waals surface area contributed by atoms with Gasteiger partial charge in [-0.05, 0) is 54.8 Å². The van der Waals surface area contributed by atoms with Gasteiger partial charge in [0.05, 0.1) is 0 Å². The largest absolute Gasteiger partial charge is 0.355 e. The second-order valence-electron chi connectivity index (χ2n) is 6.74. The van der Waals surface area contributed by atoms with Crippen molar-refractivity contribution in [3.8, 4) is 0 Å². The number of rotatable bonds is 8. The van der Waals surface area contributed by atoms with Gasteiger partial charge in [-0.1, -0.05) is 31.2 Å². The smallest absolute Gasteiger partial charge is 0.251 e. The zero-order valence-corrected chi connectivity index (χ0v) is 17.0. The van der Waals surface area contributed by atoms with Crippen molar-refractivity contribution in [1.29, 1.82) is 0 Å². The zero-order valence-electron chi connectivity index (χ0n) is 17.0. The lowest BCUT2D eigenvalue weighted by Gasteiger charge is -2.12. The standard InChI is InChI=1S/C23H27N3O3/c1-4-16(2)26-23(29)20-7-5-6-18(14-20)15-25-21(27)13-10-17-8-11-19(12-9-17)22(28)24-3/h5-14,16H,4,15H2,1-3H3,(H,24,28)(H,25,27)(H,26,29)/b13-10+. The van der Waals surface area contributed by atoms with E-state index in [1.54, 1.807) is 55.6 Å². The number of carbonyl (C=O) groups is 3. The molecule has 2 aromatic rings. The number of carbonyl (C=O) groups excluding carboxylic acids is 3. The fraction of sp³-hybridized carbons (Fsp3) is 0.261. The molecular weight excluding hydrogens is 366 g/mol. The number of hydrogen-bond acceptors (Lipinski definition) is 3. The average Bonchev–Trinajstić information content (AvgIpc) is 2.76. The number of benzene rings is 2. The Morgan fingerprint density at radius 2 is 1.72 bits per heavy atom. The summed E-state index contributed by atoms with van der Waals surface area (Å²) in [5.74, 6) is -0.513. The molecule has 3 amide bonds. The minimum atomic E-state index is -0.241. The molecule has 0 spiro atoms. The Hall–Kier alpha value is -3.41. The van der Waals surface area contributed by atoms with Crippen LogP contribution in [0.15, 0.2) is 54.6 Å². The van der Waals surface area contributed by atoms with Crippen molar-refractivity contribution in [2.45, 2.75) is 32.9 Å². The SMILES string of the molecule is CCC(C)NC(=O)c1cccc(CNC(=O)/C=C/c2ccc(C(=O)NC)cc2)c1. The summed E-state index contributed by atoms with van der Waals surface area (Å²) in [5.41, 5.74) is 2.80. The van der Waals surface area contributed by atoms with Crippen LogP contribution < -0.4 is 16.0 Å². The number of amides is 3. The molecule has 29 heavy (non-hydrogen) atoms. The van der Waals surface area contributed by atoms with Crippen molar-refractivity contribution in [3.63, 3.8) is 0 Å². The van der Waals surface area contributed by atoms with Crippen molar-refractivity contribution in [3.05, 3.63) is 76.9 Å². The van der Waals surface area contributed by atoms with Gasteiger partial charge in [-0.25, -0.2) is 0 Å². The van der Waals surface area contributed by atoms with E-state index in [-0.39, 0.29) is 23.8 Å². The molecule has 0 saturated heterocycles. The summed E-state index contributed by atoms with van der Waals surface area (Å²) in [6.07, 6.45) is 3.98. The predicted molar refractivity (Wildman–Crippen MR) is 114 cm³/mol. The fourth-order valence-corrected chi connectivity index (χ4v) is 2.54. The van der Waals surface area contributed by atoms with E-state index < -0.39 is 0 Å². The monoisotopic (exact) mass is 393 g/mol. The second kappa shape index (κ2) is 10.8. The van der Waals surface area contributed by atoms with Gasteiger partial charge in [0.15, 0.2) is 0 Å². The average molecular weight is 393 g/mol. The molecule has 0 aliphatic rings. The predicted octanol–water partition coefficient (Wildman–Crippen LogP) is 2.90. The Balaban J connectivity index is 1.90. The Morgan fingerprint density at radius 1 is 1.00 bits per heavy atom. The Bertz CT molecular complexity index is 888.